The van der Waals surface area contributed by atoms with Gasteiger partial charge in [0.05, 0.1) is 7.11 Å². The quantitative estimate of drug-likeness (QED) is 0.814. The Hall–Kier alpha value is -1.75. The summed E-state index contributed by atoms with van der Waals surface area (Å²) in [4.78, 5) is 10.8. The van der Waals surface area contributed by atoms with Crippen LogP contribution in [0.3, 0.4) is 0 Å². The molecule has 1 fully saturated rings. The zero-order chi connectivity index (χ0) is 12.3. The highest BCUT2D eigenvalue weighted by atomic mass is 16.5. The van der Waals surface area contributed by atoms with Crippen molar-refractivity contribution in [3.05, 3.63) is 24.3 Å². The van der Waals surface area contributed by atoms with Gasteiger partial charge in [-0.3, -0.25) is 4.79 Å². The molecule has 5 nitrogen and oxygen atoms in total. The minimum Gasteiger partial charge on any atom is -0.497 e. The molecule has 2 unspecified atom stereocenters. The number of rotatable bonds is 4. The molecule has 5 heteroatoms. The molecule has 1 aromatic carbocycles. The number of ether oxygens (including phenoxy) is 2. The van der Waals surface area contributed by atoms with E-state index in [1.54, 1.807) is 13.2 Å². The average molecular weight is 237 g/mol. The first kappa shape index (κ1) is 11.7. The summed E-state index contributed by atoms with van der Waals surface area (Å²) >= 11 is 0. The van der Waals surface area contributed by atoms with Crippen LogP contribution in [0.25, 0.3) is 0 Å². The minimum absolute atomic E-state index is 0.108. The van der Waals surface area contributed by atoms with E-state index in [0.717, 1.165) is 5.75 Å². The van der Waals surface area contributed by atoms with Crippen LogP contribution >= 0.6 is 0 Å². The molecule has 2 rings (SSSR count). The van der Waals surface area contributed by atoms with Gasteiger partial charge in [-0.2, -0.15) is 0 Å². The summed E-state index contributed by atoms with van der Waals surface area (Å²) in [6.45, 7) is 0.550. The summed E-state index contributed by atoms with van der Waals surface area (Å²) in [5.41, 5.74) is 0. The average Bonchev–Trinajstić information content (AvgIpc) is 2.78. The summed E-state index contributed by atoms with van der Waals surface area (Å²) in [5, 5.41) is 11.7. The molecule has 1 aromatic rings. The first-order valence-electron chi connectivity index (χ1n) is 5.46. The predicted octanol–water partition coefficient (Wildman–Crippen LogP) is 0.889. The van der Waals surface area contributed by atoms with Crippen molar-refractivity contribution in [2.24, 2.45) is 0 Å². The van der Waals surface area contributed by atoms with Gasteiger partial charge >= 0.3 is 5.97 Å². The Bertz CT molecular complexity index is 407. The number of benzene rings is 1. The lowest BCUT2D eigenvalue weighted by Crippen LogP contribution is -2.30. The fourth-order valence-corrected chi connectivity index (χ4v) is 1.85. The largest absolute Gasteiger partial charge is 0.497 e. The molecule has 17 heavy (non-hydrogen) atoms. The van der Waals surface area contributed by atoms with Crippen LogP contribution in [0.15, 0.2) is 24.3 Å². The van der Waals surface area contributed by atoms with E-state index in [4.69, 9.17) is 14.6 Å². The van der Waals surface area contributed by atoms with Crippen LogP contribution in [-0.2, 0) is 4.79 Å². The van der Waals surface area contributed by atoms with E-state index in [9.17, 15) is 4.79 Å². The second kappa shape index (κ2) is 5.05. The van der Waals surface area contributed by atoms with Crippen LogP contribution in [0, 0.1) is 0 Å². The Morgan fingerprint density at radius 1 is 1.47 bits per heavy atom. The van der Waals surface area contributed by atoms with Crippen molar-refractivity contribution >= 4 is 5.97 Å². The number of nitrogens with one attached hydrogen (secondary N) is 1. The Balaban J connectivity index is 1.95. The van der Waals surface area contributed by atoms with Gasteiger partial charge in [-0.25, -0.2) is 0 Å². The Kier molecular flexibility index (Phi) is 3.49. The topological polar surface area (TPSA) is 67.8 Å². The molecular formula is C12H15NO4. The third kappa shape index (κ3) is 2.88. The molecule has 1 heterocycles. The predicted molar refractivity (Wildman–Crippen MR) is 61.5 cm³/mol. The third-order valence-electron chi connectivity index (χ3n) is 2.73. The molecule has 1 aliphatic rings. The molecule has 2 N–H and O–H groups in total. The van der Waals surface area contributed by atoms with Crippen molar-refractivity contribution in [3.8, 4) is 11.5 Å². The third-order valence-corrected chi connectivity index (χ3v) is 2.73. The zero-order valence-electron chi connectivity index (χ0n) is 9.55. The van der Waals surface area contributed by atoms with Crippen molar-refractivity contribution in [1.82, 2.24) is 5.32 Å². The smallest absolute Gasteiger partial charge is 0.320 e. The van der Waals surface area contributed by atoms with E-state index in [2.05, 4.69) is 5.32 Å². The molecule has 0 aliphatic carbocycles. The number of hydrogen-bond acceptors (Lipinski definition) is 4. The lowest BCUT2D eigenvalue weighted by Gasteiger charge is -2.13. The van der Waals surface area contributed by atoms with E-state index in [1.165, 1.54) is 0 Å². The normalized spacial score (nSPS) is 23.4. The Morgan fingerprint density at radius 3 is 2.88 bits per heavy atom. The van der Waals surface area contributed by atoms with Crippen molar-refractivity contribution in [3.63, 3.8) is 0 Å². The Morgan fingerprint density at radius 2 is 2.24 bits per heavy atom. The highest BCUT2D eigenvalue weighted by molar-refractivity contribution is 5.73. The first-order chi connectivity index (χ1) is 8.19. The molecule has 0 spiro atoms. The molecule has 92 valence electrons. The van der Waals surface area contributed by atoms with Crippen molar-refractivity contribution in [2.75, 3.05) is 13.7 Å². The van der Waals surface area contributed by atoms with Gasteiger partial charge in [-0.1, -0.05) is 6.07 Å². The Labute approximate surface area is 99.3 Å². The van der Waals surface area contributed by atoms with Crippen molar-refractivity contribution < 1.29 is 19.4 Å². The first-order valence-corrected chi connectivity index (χ1v) is 5.46. The summed E-state index contributed by atoms with van der Waals surface area (Å²) in [6.07, 6.45) is 0.371. The molecule has 0 aromatic heterocycles. The fraction of sp³-hybridized carbons (Fsp3) is 0.417. The number of carboxylic acid groups (broad SMARTS) is 1. The summed E-state index contributed by atoms with van der Waals surface area (Å²) in [6, 6.07) is 6.78. The zero-order valence-corrected chi connectivity index (χ0v) is 9.55. The SMILES string of the molecule is COc1cccc(OC2CNC(C(=O)O)C2)c1. The molecule has 2 atom stereocenters. The van der Waals surface area contributed by atoms with E-state index in [1.807, 2.05) is 18.2 Å². The van der Waals surface area contributed by atoms with Gasteiger partial charge in [0.15, 0.2) is 0 Å². The van der Waals surface area contributed by atoms with E-state index in [-0.39, 0.29) is 6.10 Å². The fourth-order valence-electron chi connectivity index (χ4n) is 1.85. The van der Waals surface area contributed by atoms with Crippen molar-refractivity contribution in [1.29, 1.82) is 0 Å². The number of carboxylic acids is 1. The standard InChI is InChI=1S/C12H15NO4/c1-16-8-3-2-4-9(5-8)17-10-6-11(12(14)15)13-7-10/h2-5,10-11,13H,6-7H2,1H3,(H,14,15). The molecule has 0 bridgehead atoms. The van der Waals surface area contributed by atoms with Gasteiger partial charge in [-0.05, 0) is 12.1 Å². The maximum absolute atomic E-state index is 10.8. The van der Waals surface area contributed by atoms with Crippen LogP contribution in [-0.4, -0.2) is 36.9 Å². The van der Waals surface area contributed by atoms with E-state index >= 15 is 0 Å². The summed E-state index contributed by atoms with van der Waals surface area (Å²) in [7, 11) is 1.59. The van der Waals surface area contributed by atoms with Crippen LogP contribution in [0.2, 0.25) is 0 Å². The summed E-state index contributed by atoms with van der Waals surface area (Å²) < 4.78 is 10.8. The maximum atomic E-state index is 10.8. The maximum Gasteiger partial charge on any atom is 0.320 e. The van der Waals surface area contributed by atoms with Gasteiger partial charge < -0.3 is 19.9 Å². The number of methoxy groups -OCH3 is 1. The second-order valence-electron chi connectivity index (χ2n) is 3.95. The lowest BCUT2D eigenvalue weighted by atomic mass is 10.2. The molecule has 0 radical (unpaired) electrons. The molecule has 1 aliphatic heterocycles. The van der Waals surface area contributed by atoms with Gasteiger partial charge in [-0.15, -0.1) is 0 Å². The van der Waals surface area contributed by atoms with Crippen LogP contribution in [0.5, 0.6) is 11.5 Å². The molecule has 0 saturated carbocycles. The van der Waals surface area contributed by atoms with E-state index in [0.29, 0.717) is 18.7 Å². The van der Waals surface area contributed by atoms with Gasteiger partial charge in [0.2, 0.25) is 0 Å². The van der Waals surface area contributed by atoms with Gasteiger partial charge in [0, 0.05) is 19.0 Å². The van der Waals surface area contributed by atoms with Gasteiger partial charge in [0.1, 0.15) is 23.6 Å². The highest BCUT2D eigenvalue weighted by Crippen LogP contribution is 2.22. The van der Waals surface area contributed by atoms with Gasteiger partial charge in [0.25, 0.3) is 0 Å². The monoisotopic (exact) mass is 237 g/mol. The molecule has 0 amide bonds. The summed E-state index contributed by atoms with van der Waals surface area (Å²) in [5.74, 6) is 0.590. The van der Waals surface area contributed by atoms with Crippen LogP contribution in [0.1, 0.15) is 6.42 Å². The number of carbonyl (C=O) groups is 1. The lowest BCUT2D eigenvalue weighted by molar-refractivity contribution is -0.139. The van der Waals surface area contributed by atoms with E-state index < -0.39 is 12.0 Å². The van der Waals surface area contributed by atoms with Crippen LogP contribution < -0.4 is 14.8 Å². The second-order valence-corrected chi connectivity index (χ2v) is 3.95. The number of hydrogen-bond donors (Lipinski definition) is 2. The molecule has 1 saturated heterocycles. The molecular weight excluding hydrogens is 222 g/mol. The van der Waals surface area contributed by atoms with Crippen LogP contribution in [0.4, 0.5) is 0 Å². The number of aliphatic carboxylic acids is 1. The highest BCUT2D eigenvalue weighted by Gasteiger charge is 2.30. The minimum atomic E-state index is -0.832. The van der Waals surface area contributed by atoms with Crippen molar-refractivity contribution in [2.45, 2.75) is 18.6 Å².